The van der Waals surface area contributed by atoms with Crippen LogP contribution in [0.3, 0.4) is 0 Å². The van der Waals surface area contributed by atoms with E-state index in [0.717, 1.165) is 5.56 Å². The van der Waals surface area contributed by atoms with Crippen LogP contribution >= 0.6 is 0 Å². The molecule has 1 aromatic carbocycles. The molecule has 1 aromatic rings. The highest BCUT2D eigenvalue weighted by molar-refractivity contribution is 5.31. The van der Waals surface area contributed by atoms with E-state index < -0.39 is 5.60 Å². The molecule has 0 radical (unpaired) electrons. The molecule has 90 valence electrons. The number of aliphatic hydroxyl groups is 1. The van der Waals surface area contributed by atoms with Gasteiger partial charge in [0.05, 0.1) is 5.60 Å². The fourth-order valence-electron chi connectivity index (χ4n) is 1.31. The van der Waals surface area contributed by atoms with Crippen molar-refractivity contribution < 1.29 is 10.2 Å². The average Bonchev–Trinajstić information content (AvgIpc) is 2.20. The number of rotatable bonds is 5. The second-order valence-electron chi connectivity index (χ2n) is 4.74. The van der Waals surface area contributed by atoms with Gasteiger partial charge in [0.15, 0.2) is 0 Å². The zero-order valence-electron chi connectivity index (χ0n) is 10.2. The molecule has 0 bridgehead atoms. The molecule has 0 fully saturated rings. The monoisotopic (exact) mass is 223 g/mol. The van der Waals surface area contributed by atoms with Crippen LogP contribution in [-0.4, -0.2) is 22.4 Å². The summed E-state index contributed by atoms with van der Waals surface area (Å²) in [5.74, 6) is 0.489. The molecule has 0 saturated heterocycles. The van der Waals surface area contributed by atoms with Gasteiger partial charge in [0.2, 0.25) is 0 Å². The molecule has 0 heterocycles. The first-order chi connectivity index (χ1) is 7.43. The number of phenols is 1. The molecule has 0 aliphatic heterocycles. The normalized spacial score (nSPS) is 15.1. The molecule has 0 aliphatic rings. The van der Waals surface area contributed by atoms with Gasteiger partial charge in [-0.25, -0.2) is 0 Å². The molecule has 1 rings (SSSR count). The molecule has 3 N–H and O–H groups in total. The summed E-state index contributed by atoms with van der Waals surface area (Å²) in [6.45, 7) is 6.87. The SMILES string of the molecule is CC(C)C(C)(O)CNCc1ccccc1O. The summed E-state index contributed by atoms with van der Waals surface area (Å²) >= 11 is 0. The van der Waals surface area contributed by atoms with Crippen molar-refractivity contribution in [3.8, 4) is 5.75 Å². The maximum absolute atomic E-state index is 10.0. The first-order valence-electron chi connectivity index (χ1n) is 5.63. The Morgan fingerprint density at radius 2 is 1.94 bits per heavy atom. The van der Waals surface area contributed by atoms with E-state index in [2.05, 4.69) is 5.32 Å². The second-order valence-corrected chi connectivity index (χ2v) is 4.74. The minimum absolute atomic E-state index is 0.198. The minimum atomic E-state index is -0.718. The summed E-state index contributed by atoms with van der Waals surface area (Å²) in [6, 6.07) is 7.21. The fourth-order valence-corrected chi connectivity index (χ4v) is 1.31. The van der Waals surface area contributed by atoms with Gasteiger partial charge < -0.3 is 15.5 Å². The van der Waals surface area contributed by atoms with Crippen LogP contribution in [0.15, 0.2) is 24.3 Å². The van der Waals surface area contributed by atoms with E-state index in [4.69, 9.17) is 0 Å². The van der Waals surface area contributed by atoms with Gasteiger partial charge in [0, 0.05) is 18.7 Å². The second kappa shape index (κ2) is 5.32. The van der Waals surface area contributed by atoms with Crippen molar-refractivity contribution in [1.82, 2.24) is 5.32 Å². The number of nitrogens with one attached hydrogen (secondary N) is 1. The largest absolute Gasteiger partial charge is 0.508 e. The van der Waals surface area contributed by atoms with Crippen molar-refractivity contribution in [3.63, 3.8) is 0 Å². The average molecular weight is 223 g/mol. The van der Waals surface area contributed by atoms with Gasteiger partial charge in [-0.05, 0) is 18.9 Å². The predicted octanol–water partition coefficient (Wildman–Crippen LogP) is 1.89. The number of hydrogen-bond donors (Lipinski definition) is 3. The lowest BCUT2D eigenvalue weighted by molar-refractivity contribution is 0.0139. The Morgan fingerprint density at radius 3 is 2.50 bits per heavy atom. The maximum Gasteiger partial charge on any atom is 0.120 e. The van der Waals surface area contributed by atoms with Crippen LogP contribution in [0, 0.1) is 5.92 Å². The van der Waals surface area contributed by atoms with Crippen LogP contribution in [0.1, 0.15) is 26.3 Å². The van der Waals surface area contributed by atoms with Crippen molar-refractivity contribution >= 4 is 0 Å². The Balaban J connectivity index is 2.45. The van der Waals surface area contributed by atoms with E-state index in [1.807, 2.05) is 32.9 Å². The topological polar surface area (TPSA) is 52.5 Å². The Kier molecular flexibility index (Phi) is 4.33. The quantitative estimate of drug-likeness (QED) is 0.714. The number of para-hydroxylation sites is 1. The van der Waals surface area contributed by atoms with E-state index in [1.54, 1.807) is 12.1 Å². The van der Waals surface area contributed by atoms with E-state index >= 15 is 0 Å². The van der Waals surface area contributed by atoms with Crippen LogP contribution in [0.5, 0.6) is 5.75 Å². The lowest BCUT2D eigenvalue weighted by atomic mass is 9.92. The van der Waals surface area contributed by atoms with Crippen LogP contribution in [0.25, 0.3) is 0 Å². The van der Waals surface area contributed by atoms with E-state index in [-0.39, 0.29) is 5.92 Å². The van der Waals surface area contributed by atoms with Gasteiger partial charge in [-0.1, -0.05) is 32.0 Å². The third-order valence-electron chi connectivity index (χ3n) is 3.03. The highest BCUT2D eigenvalue weighted by atomic mass is 16.3. The van der Waals surface area contributed by atoms with Gasteiger partial charge in [-0.15, -0.1) is 0 Å². The lowest BCUT2D eigenvalue weighted by Crippen LogP contribution is -2.41. The summed E-state index contributed by atoms with van der Waals surface area (Å²) in [6.07, 6.45) is 0. The Labute approximate surface area is 97.1 Å². The summed E-state index contributed by atoms with van der Waals surface area (Å²) in [5.41, 5.74) is 0.131. The molecule has 1 atom stereocenters. The highest BCUT2D eigenvalue weighted by Gasteiger charge is 2.23. The van der Waals surface area contributed by atoms with Crippen LogP contribution in [0.4, 0.5) is 0 Å². The minimum Gasteiger partial charge on any atom is -0.508 e. The third kappa shape index (κ3) is 3.51. The lowest BCUT2D eigenvalue weighted by Gasteiger charge is -2.28. The van der Waals surface area contributed by atoms with Gasteiger partial charge in [-0.2, -0.15) is 0 Å². The molecule has 0 spiro atoms. The summed E-state index contributed by atoms with van der Waals surface area (Å²) < 4.78 is 0. The Hall–Kier alpha value is -1.06. The number of benzene rings is 1. The van der Waals surface area contributed by atoms with Crippen molar-refractivity contribution in [3.05, 3.63) is 29.8 Å². The highest BCUT2D eigenvalue weighted by Crippen LogP contribution is 2.17. The molecule has 0 aromatic heterocycles. The summed E-state index contributed by atoms with van der Waals surface area (Å²) in [5, 5.41) is 22.7. The fraction of sp³-hybridized carbons (Fsp3) is 0.538. The first-order valence-corrected chi connectivity index (χ1v) is 5.63. The van der Waals surface area contributed by atoms with Gasteiger partial charge >= 0.3 is 0 Å². The van der Waals surface area contributed by atoms with Crippen molar-refractivity contribution in [2.24, 2.45) is 5.92 Å². The molecule has 0 amide bonds. The van der Waals surface area contributed by atoms with Crippen molar-refractivity contribution in [2.75, 3.05) is 6.54 Å². The summed E-state index contributed by atoms with van der Waals surface area (Å²) in [4.78, 5) is 0. The van der Waals surface area contributed by atoms with Crippen molar-refractivity contribution in [2.45, 2.75) is 32.9 Å². The Morgan fingerprint density at radius 1 is 1.31 bits per heavy atom. The molecule has 16 heavy (non-hydrogen) atoms. The zero-order valence-corrected chi connectivity index (χ0v) is 10.2. The van der Waals surface area contributed by atoms with Gasteiger partial charge in [0.25, 0.3) is 0 Å². The number of aromatic hydroxyl groups is 1. The van der Waals surface area contributed by atoms with E-state index in [9.17, 15) is 10.2 Å². The molecular weight excluding hydrogens is 202 g/mol. The molecule has 0 aliphatic carbocycles. The van der Waals surface area contributed by atoms with Crippen LogP contribution < -0.4 is 5.32 Å². The maximum atomic E-state index is 10.0. The van der Waals surface area contributed by atoms with Gasteiger partial charge in [0.1, 0.15) is 5.75 Å². The van der Waals surface area contributed by atoms with Crippen LogP contribution in [-0.2, 0) is 6.54 Å². The van der Waals surface area contributed by atoms with Crippen molar-refractivity contribution in [1.29, 1.82) is 0 Å². The smallest absolute Gasteiger partial charge is 0.120 e. The molecule has 3 nitrogen and oxygen atoms in total. The van der Waals surface area contributed by atoms with Crippen LogP contribution in [0.2, 0.25) is 0 Å². The van der Waals surface area contributed by atoms with Gasteiger partial charge in [-0.3, -0.25) is 0 Å². The first kappa shape index (κ1) is 13.0. The third-order valence-corrected chi connectivity index (χ3v) is 3.03. The number of phenolic OH excluding ortho intramolecular Hbond substituents is 1. The Bertz CT molecular complexity index is 334. The standard InChI is InChI=1S/C13H21NO2/c1-10(2)13(3,16)9-14-8-11-6-4-5-7-12(11)15/h4-7,10,14-16H,8-9H2,1-3H3. The zero-order chi connectivity index (χ0) is 12.2. The number of hydrogen-bond acceptors (Lipinski definition) is 3. The molecular formula is C13H21NO2. The summed E-state index contributed by atoms with van der Waals surface area (Å²) in [7, 11) is 0. The van der Waals surface area contributed by atoms with E-state index in [0.29, 0.717) is 18.8 Å². The molecule has 0 saturated carbocycles. The molecule has 1 unspecified atom stereocenters. The van der Waals surface area contributed by atoms with E-state index in [1.165, 1.54) is 0 Å². The molecule has 3 heteroatoms. The predicted molar refractivity (Wildman–Crippen MR) is 65.3 cm³/mol.